The van der Waals surface area contributed by atoms with Gasteiger partial charge >= 0.3 is 0 Å². The predicted octanol–water partition coefficient (Wildman–Crippen LogP) is 3.20. The maximum Gasteiger partial charge on any atom is 0.251 e. The molecule has 18 heavy (non-hydrogen) atoms. The molecule has 3 N–H and O–H groups in total. The molecule has 1 fully saturated rings. The molecular weight excluding hydrogens is 292 g/mol. The van der Waals surface area contributed by atoms with E-state index in [1.54, 1.807) is 18.2 Å². The predicted molar refractivity (Wildman–Crippen MR) is 77.4 cm³/mol. The Kier molecular flexibility index (Phi) is 2.97. The zero-order valence-electron chi connectivity index (χ0n) is 11.2. The van der Waals surface area contributed by atoms with Crippen molar-refractivity contribution < 1.29 is 4.79 Å². The van der Waals surface area contributed by atoms with Crippen molar-refractivity contribution in [2.45, 2.75) is 33.7 Å². The first-order chi connectivity index (χ1) is 8.16. The van der Waals surface area contributed by atoms with Gasteiger partial charge in [0.1, 0.15) is 0 Å². The Morgan fingerprint density at radius 1 is 1.22 bits per heavy atom. The van der Waals surface area contributed by atoms with Crippen LogP contribution in [0.1, 0.15) is 38.1 Å². The van der Waals surface area contributed by atoms with Crippen LogP contribution in [0.25, 0.3) is 0 Å². The molecule has 0 atom stereocenters. The summed E-state index contributed by atoms with van der Waals surface area (Å²) >= 11 is 3.35. The van der Waals surface area contributed by atoms with Crippen molar-refractivity contribution in [3.63, 3.8) is 0 Å². The van der Waals surface area contributed by atoms with E-state index >= 15 is 0 Å². The van der Waals surface area contributed by atoms with Crippen LogP contribution < -0.4 is 11.1 Å². The molecule has 0 heterocycles. The maximum absolute atomic E-state index is 12.2. The van der Waals surface area contributed by atoms with Gasteiger partial charge in [-0.25, -0.2) is 0 Å². The third-order valence-corrected chi connectivity index (χ3v) is 4.94. The topological polar surface area (TPSA) is 55.1 Å². The van der Waals surface area contributed by atoms with Crippen LogP contribution >= 0.6 is 15.9 Å². The van der Waals surface area contributed by atoms with Crippen LogP contribution in [0.2, 0.25) is 0 Å². The number of rotatable bonds is 2. The number of nitrogens with one attached hydrogen (secondary N) is 1. The standard InChI is InChI=1S/C14H19BrN2O/c1-13(2)12(14(13,3)4)17-11(18)8-5-9(15)7-10(16)6-8/h5-7,12H,16H2,1-4H3,(H,17,18). The number of hydrogen-bond acceptors (Lipinski definition) is 2. The Morgan fingerprint density at radius 3 is 2.22 bits per heavy atom. The van der Waals surface area contributed by atoms with Gasteiger partial charge in [0.2, 0.25) is 0 Å². The number of anilines is 1. The highest BCUT2D eigenvalue weighted by molar-refractivity contribution is 9.10. The van der Waals surface area contributed by atoms with E-state index in [-0.39, 0.29) is 22.8 Å². The van der Waals surface area contributed by atoms with Crippen LogP contribution in [-0.4, -0.2) is 11.9 Å². The van der Waals surface area contributed by atoms with E-state index in [1.807, 2.05) is 0 Å². The zero-order valence-corrected chi connectivity index (χ0v) is 12.8. The second-order valence-electron chi connectivity index (χ2n) is 6.12. The Morgan fingerprint density at radius 2 is 1.78 bits per heavy atom. The third-order valence-electron chi connectivity index (χ3n) is 4.48. The fraction of sp³-hybridized carbons (Fsp3) is 0.500. The second-order valence-corrected chi connectivity index (χ2v) is 7.04. The van der Waals surface area contributed by atoms with Crippen LogP contribution in [0.4, 0.5) is 5.69 Å². The number of amides is 1. The molecular formula is C14H19BrN2O. The largest absolute Gasteiger partial charge is 0.399 e. The number of carbonyl (C=O) groups is 1. The van der Waals surface area contributed by atoms with Crippen LogP contribution in [0.3, 0.4) is 0 Å². The summed E-state index contributed by atoms with van der Waals surface area (Å²) in [5.74, 6) is -0.0633. The normalized spacial score (nSPS) is 20.5. The summed E-state index contributed by atoms with van der Waals surface area (Å²) in [6.07, 6.45) is 0. The second kappa shape index (κ2) is 3.98. The van der Waals surface area contributed by atoms with Gasteiger partial charge in [0.25, 0.3) is 5.91 Å². The van der Waals surface area contributed by atoms with Gasteiger partial charge in [-0.3, -0.25) is 4.79 Å². The van der Waals surface area contributed by atoms with E-state index in [1.165, 1.54) is 0 Å². The smallest absolute Gasteiger partial charge is 0.251 e. The molecule has 1 amide bonds. The molecule has 0 unspecified atom stereocenters. The highest BCUT2D eigenvalue weighted by Gasteiger charge is 2.65. The van der Waals surface area contributed by atoms with Gasteiger partial charge < -0.3 is 11.1 Å². The van der Waals surface area contributed by atoms with Crippen LogP contribution in [0.5, 0.6) is 0 Å². The van der Waals surface area contributed by atoms with Gasteiger partial charge in [-0.1, -0.05) is 43.6 Å². The van der Waals surface area contributed by atoms with Crippen molar-refractivity contribution in [3.8, 4) is 0 Å². The van der Waals surface area contributed by atoms with E-state index in [0.717, 1.165) is 4.47 Å². The summed E-state index contributed by atoms with van der Waals surface area (Å²) in [4.78, 5) is 12.2. The minimum Gasteiger partial charge on any atom is -0.399 e. The molecule has 0 aromatic heterocycles. The summed E-state index contributed by atoms with van der Waals surface area (Å²) < 4.78 is 0.821. The summed E-state index contributed by atoms with van der Waals surface area (Å²) in [7, 11) is 0. The van der Waals surface area contributed by atoms with E-state index in [2.05, 4.69) is 48.9 Å². The van der Waals surface area contributed by atoms with Gasteiger partial charge in [-0.15, -0.1) is 0 Å². The van der Waals surface area contributed by atoms with Crippen molar-refractivity contribution in [1.29, 1.82) is 0 Å². The van der Waals surface area contributed by atoms with Crippen molar-refractivity contribution >= 4 is 27.5 Å². The molecule has 0 radical (unpaired) electrons. The van der Waals surface area contributed by atoms with Crippen molar-refractivity contribution in [2.24, 2.45) is 10.8 Å². The number of nitrogens with two attached hydrogens (primary N) is 1. The molecule has 0 bridgehead atoms. The average Bonchev–Trinajstić information content (AvgIpc) is 2.59. The van der Waals surface area contributed by atoms with E-state index in [0.29, 0.717) is 11.3 Å². The lowest BCUT2D eigenvalue weighted by Gasteiger charge is -2.08. The SMILES string of the molecule is CC1(C)C(NC(=O)c2cc(N)cc(Br)c2)C1(C)C. The lowest BCUT2D eigenvalue weighted by molar-refractivity contribution is 0.0943. The monoisotopic (exact) mass is 310 g/mol. The molecule has 4 heteroatoms. The van der Waals surface area contributed by atoms with Gasteiger partial charge in [-0.05, 0) is 29.0 Å². The highest BCUT2D eigenvalue weighted by atomic mass is 79.9. The Balaban J connectivity index is 2.15. The fourth-order valence-electron chi connectivity index (χ4n) is 2.52. The van der Waals surface area contributed by atoms with Crippen molar-refractivity contribution in [3.05, 3.63) is 28.2 Å². The highest BCUT2D eigenvalue weighted by Crippen LogP contribution is 2.62. The van der Waals surface area contributed by atoms with Crippen molar-refractivity contribution in [2.75, 3.05) is 5.73 Å². The maximum atomic E-state index is 12.2. The molecule has 1 saturated carbocycles. The number of nitrogen functional groups attached to an aromatic ring is 1. The summed E-state index contributed by atoms with van der Waals surface area (Å²) in [5, 5.41) is 3.09. The Labute approximate surface area is 116 Å². The van der Waals surface area contributed by atoms with Gasteiger partial charge in [0.15, 0.2) is 0 Å². The molecule has 2 rings (SSSR count). The van der Waals surface area contributed by atoms with Gasteiger partial charge in [0, 0.05) is 21.8 Å². The molecule has 1 aliphatic carbocycles. The van der Waals surface area contributed by atoms with Crippen LogP contribution in [0.15, 0.2) is 22.7 Å². The minimum absolute atomic E-state index is 0.0633. The molecule has 0 aliphatic heterocycles. The lowest BCUT2D eigenvalue weighted by atomic mass is 10.0. The fourth-order valence-corrected chi connectivity index (χ4v) is 3.03. The molecule has 3 nitrogen and oxygen atoms in total. The number of carbonyl (C=O) groups excluding carboxylic acids is 1. The number of halogens is 1. The number of benzene rings is 1. The van der Waals surface area contributed by atoms with E-state index in [4.69, 9.17) is 5.73 Å². The third kappa shape index (κ3) is 2.03. The first-order valence-corrected chi connectivity index (χ1v) is 6.82. The average molecular weight is 311 g/mol. The molecule has 1 aromatic rings. The quantitative estimate of drug-likeness (QED) is 0.824. The van der Waals surface area contributed by atoms with Gasteiger partial charge in [-0.2, -0.15) is 0 Å². The first kappa shape index (κ1) is 13.4. The van der Waals surface area contributed by atoms with Gasteiger partial charge in [0.05, 0.1) is 0 Å². The molecule has 0 spiro atoms. The molecule has 98 valence electrons. The van der Waals surface area contributed by atoms with E-state index in [9.17, 15) is 4.79 Å². The summed E-state index contributed by atoms with van der Waals surface area (Å²) in [5.41, 5.74) is 7.20. The van der Waals surface area contributed by atoms with Crippen LogP contribution in [0, 0.1) is 10.8 Å². The number of hydrogen-bond donors (Lipinski definition) is 2. The minimum atomic E-state index is -0.0633. The van der Waals surface area contributed by atoms with Crippen LogP contribution in [-0.2, 0) is 0 Å². The molecule has 1 aliphatic rings. The summed E-state index contributed by atoms with van der Waals surface area (Å²) in [6, 6.07) is 5.47. The molecule has 1 aromatic carbocycles. The first-order valence-electron chi connectivity index (χ1n) is 6.03. The zero-order chi connectivity index (χ0) is 13.7. The van der Waals surface area contributed by atoms with E-state index < -0.39 is 0 Å². The molecule has 0 saturated heterocycles. The lowest BCUT2D eigenvalue weighted by Crippen LogP contribution is -2.29. The van der Waals surface area contributed by atoms with Crippen molar-refractivity contribution in [1.82, 2.24) is 5.32 Å². The Bertz CT molecular complexity index is 474. The summed E-state index contributed by atoms with van der Waals surface area (Å²) in [6.45, 7) is 8.70. The Hall–Kier alpha value is -1.03.